The number of nitrogens with two attached hydrogens (primary N) is 2. The zero-order valence-corrected chi connectivity index (χ0v) is 6.26. The summed E-state index contributed by atoms with van der Waals surface area (Å²) >= 11 is 0. The molecule has 4 heteroatoms. The third-order valence-electron chi connectivity index (χ3n) is 0.891. The zero-order valence-electron chi connectivity index (χ0n) is 6.26. The van der Waals surface area contributed by atoms with E-state index in [1.807, 2.05) is 0 Å². The Labute approximate surface area is 61.1 Å². The van der Waals surface area contributed by atoms with E-state index in [1.165, 1.54) is 6.42 Å². The van der Waals surface area contributed by atoms with Gasteiger partial charge in [0.05, 0.1) is 6.17 Å². The predicted octanol–water partition coefficient (Wildman–Crippen LogP) is 0.321. The molecular formula is C6H15N3O. The van der Waals surface area contributed by atoms with Gasteiger partial charge in [-0.1, -0.05) is 19.8 Å². The molecule has 0 atom stereocenters. The number of nitrogens with one attached hydrogen (secondary N) is 1. The second kappa shape index (κ2) is 11.1. The number of unbranched alkanes of at least 4 members (excludes halogenated alkanes) is 1. The van der Waals surface area contributed by atoms with Crippen LogP contribution < -0.4 is 11.5 Å². The van der Waals surface area contributed by atoms with E-state index in [9.17, 15) is 0 Å². The van der Waals surface area contributed by atoms with Crippen molar-refractivity contribution in [2.45, 2.75) is 32.4 Å². The smallest absolute Gasteiger partial charge is 0.231 e. The molecule has 0 saturated heterocycles. The van der Waals surface area contributed by atoms with E-state index < -0.39 is 0 Å². The van der Waals surface area contributed by atoms with Crippen molar-refractivity contribution in [3.8, 4) is 0 Å². The highest BCUT2D eigenvalue weighted by molar-refractivity contribution is 5.26. The van der Waals surface area contributed by atoms with E-state index >= 15 is 0 Å². The summed E-state index contributed by atoms with van der Waals surface area (Å²) in [7, 11) is 0. The SMILES string of the molecule is CCCCC(N)N.N=C=O. The Morgan fingerprint density at radius 1 is 1.60 bits per heavy atom. The van der Waals surface area contributed by atoms with E-state index in [4.69, 9.17) is 21.7 Å². The lowest BCUT2D eigenvalue weighted by atomic mass is 10.2. The molecule has 5 N–H and O–H groups in total. The molecule has 0 aromatic heterocycles. The van der Waals surface area contributed by atoms with Gasteiger partial charge in [0.1, 0.15) is 0 Å². The maximum absolute atomic E-state index is 8.35. The van der Waals surface area contributed by atoms with Crippen LogP contribution in [-0.2, 0) is 4.79 Å². The molecule has 0 saturated carbocycles. The van der Waals surface area contributed by atoms with E-state index in [0.717, 1.165) is 18.9 Å². The number of isocyanates is 1. The highest BCUT2D eigenvalue weighted by atomic mass is 16.1. The second-order valence-corrected chi connectivity index (χ2v) is 1.91. The first-order valence-electron chi connectivity index (χ1n) is 3.24. The van der Waals surface area contributed by atoms with E-state index in [2.05, 4.69) is 6.92 Å². The van der Waals surface area contributed by atoms with Gasteiger partial charge in [-0.3, -0.25) is 0 Å². The summed E-state index contributed by atoms with van der Waals surface area (Å²) in [5.41, 5.74) is 10.5. The van der Waals surface area contributed by atoms with Crippen LogP contribution in [0.4, 0.5) is 0 Å². The summed E-state index contributed by atoms with van der Waals surface area (Å²) in [5, 5.41) is 5.40. The lowest BCUT2D eigenvalue weighted by Gasteiger charge is -2.00. The van der Waals surface area contributed by atoms with Gasteiger partial charge in [0.15, 0.2) is 0 Å². The molecule has 0 fully saturated rings. The van der Waals surface area contributed by atoms with Gasteiger partial charge in [0, 0.05) is 0 Å². The number of rotatable bonds is 3. The Bertz CT molecular complexity index is 87.0. The summed E-state index contributed by atoms with van der Waals surface area (Å²) in [4.78, 5) is 8.35. The summed E-state index contributed by atoms with van der Waals surface area (Å²) in [5.74, 6) is 0. The van der Waals surface area contributed by atoms with E-state index in [0.29, 0.717) is 0 Å². The van der Waals surface area contributed by atoms with E-state index in [1.54, 1.807) is 0 Å². The molecule has 0 aromatic rings. The van der Waals surface area contributed by atoms with Crippen molar-refractivity contribution >= 4 is 6.08 Å². The van der Waals surface area contributed by atoms with Crippen molar-refractivity contribution in [1.82, 2.24) is 0 Å². The lowest BCUT2D eigenvalue weighted by molar-refractivity contribution is 0.563. The molecule has 60 valence electrons. The van der Waals surface area contributed by atoms with Crippen molar-refractivity contribution in [3.05, 3.63) is 0 Å². The molecule has 4 nitrogen and oxygen atoms in total. The van der Waals surface area contributed by atoms with Gasteiger partial charge in [-0.05, 0) is 6.42 Å². The van der Waals surface area contributed by atoms with Gasteiger partial charge < -0.3 is 11.5 Å². The molecule has 0 rings (SSSR count). The van der Waals surface area contributed by atoms with Gasteiger partial charge in [-0.25, -0.2) is 10.2 Å². The Balaban J connectivity index is 0. The van der Waals surface area contributed by atoms with Gasteiger partial charge in [-0.2, -0.15) is 0 Å². The largest absolute Gasteiger partial charge is 0.316 e. The maximum atomic E-state index is 8.35. The minimum atomic E-state index is -0.0973. The molecule has 0 heterocycles. The Morgan fingerprint density at radius 2 is 2.00 bits per heavy atom. The van der Waals surface area contributed by atoms with Crippen molar-refractivity contribution in [1.29, 1.82) is 5.41 Å². The molecule has 0 radical (unpaired) electrons. The van der Waals surface area contributed by atoms with Gasteiger partial charge in [-0.15, -0.1) is 0 Å². The minimum Gasteiger partial charge on any atom is -0.316 e. The normalized spacial score (nSPS) is 8.00. The number of hydrogen-bond acceptors (Lipinski definition) is 4. The second-order valence-electron chi connectivity index (χ2n) is 1.91. The summed E-state index contributed by atoms with van der Waals surface area (Å²) in [6.07, 6.45) is 3.94. The fourth-order valence-corrected chi connectivity index (χ4v) is 0.440. The fraction of sp³-hybridized carbons (Fsp3) is 0.833. The van der Waals surface area contributed by atoms with Crippen LogP contribution in [0.2, 0.25) is 0 Å². The molecule has 0 aliphatic carbocycles. The lowest BCUT2D eigenvalue weighted by Crippen LogP contribution is -2.29. The molecule has 0 aliphatic rings. The Hall–Kier alpha value is -0.700. The topological polar surface area (TPSA) is 93.0 Å². The molecule has 0 aliphatic heterocycles. The molecule has 0 spiro atoms. The highest BCUT2D eigenvalue weighted by Gasteiger charge is 1.88. The fourth-order valence-electron chi connectivity index (χ4n) is 0.440. The highest BCUT2D eigenvalue weighted by Crippen LogP contribution is 1.91. The van der Waals surface area contributed by atoms with Crippen LogP contribution in [0.1, 0.15) is 26.2 Å². The maximum Gasteiger partial charge on any atom is 0.231 e. The van der Waals surface area contributed by atoms with E-state index in [-0.39, 0.29) is 6.17 Å². The van der Waals surface area contributed by atoms with Crippen LogP contribution in [0.3, 0.4) is 0 Å². The minimum absolute atomic E-state index is 0.0973. The zero-order chi connectivity index (χ0) is 8.41. The van der Waals surface area contributed by atoms with Crippen LogP contribution >= 0.6 is 0 Å². The Morgan fingerprint density at radius 3 is 2.10 bits per heavy atom. The Kier molecular flexibility index (Phi) is 13.4. The van der Waals surface area contributed by atoms with Crippen LogP contribution in [0.25, 0.3) is 0 Å². The van der Waals surface area contributed by atoms with Crippen molar-refractivity contribution in [2.75, 3.05) is 0 Å². The standard InChI is InChI=1S/C5H14N2.CHNO/c1-2-3-4-5(6)7;2-1-3/h5H,2-4,6-7H2,1H3;2H. The average molecular weight is 145 g/mol. The molecule has 0 bridgehead atoms. The first-order chi connectivity index (χ1) is 4.68. The number of hydrogen-bond donors (Lipinski definition) is 3. The third-order valence-corrected chi connectivity index (χ3v) is 0.891. The van der Waals surface area contributed by atoms with Gasteiger partial charge in [0.2, 0.25) is 6.08 Å². The quantitative estimate of drug-likeness (QED) is 0.303. The average Bonchev–Trinajstić information content (AvgIpc) is 1.85. The van der Waals surface area contributed by atoms with Gasteiger partial charge >= 0.3 is 0 Å². The summed E-state index contributed by atoms with van der Waals surface area (Å²) in [6.45, 7) is 2.13. The first-order valence-corrected chi connectivity index (χ1v) is 3.24. The first kappa shape index (κ1) is 12.0. The number of carbonyl (C=O) groups excluding carboxylic acids is 1. The van der Waals surface area contributed by atoms with Crippen LogP contribution in [-0.4, -0.2) is 12.2 Å². The van der Waals surface area contributed by atoms with Crippen LogP contribution in [0, 0.1) is 5.41 Å². The summed E-state index contributed by atoms with van der Waals surface area (Å²) < 4.78 is 0. The summed E-state index contributed by atoms with van der Waals surface area (Å²) in [6, 6.07) is 0. The van der Waals surface area contributed by atoms with Crippen molar-refractivity contribution in [2.24, 2.45) is 11.5 Å². The third kappa shape index (κ3) is 26.6. The molecular weight excluding hydrogens is 130 g/mol. The predicted molar refractivity (Wildman–Crippen MR) is 40.1 cm³/mol. The molecule has 0 amide bonds. The van der Waals surface area contributed by atoms with Crippen LogP contribution in [0.15, 0.2) is 0 Å². The molecule has 10 heavy (non-hydrogen) atoms. The van der Waals surface area contributed by atoms with Crippen LogP contribution in [0.5, 0.6) is 0 Å². The van der Waals surface area contributed by atoms with Gasteiger partial charge in [0.25, 0.3) is 0 Å². The van der Waals surface area contributed by atoms with Crippen molar-refractivity contribution in [3.63, 3.8) is 0 Å². The monoisotopic (exact) mass is 145 g/mol. The molecule has 0 aromatic carbocycles. The van der Waals surface area contributed by atoms with Crippen molar-refractivity contribution < 1.29 is 4.79 Å². The molecule has 0 unspecified atom stereocenters.